The van der Waals surface area contributed by atoms with Gasteiger partial charge in [0.25, 0.3) is 0 Å². The first-order valence-electron chi connectivity index (χ1n) is 6.03. The lowest BCUT2D eigenvalue weighted by molar-refractivity contribution is -0.175. The second-order valence-corrected chi connectivity index (χ2v) is 5.44. The van der Waals surface area contributed by atoms with Gasteiger partial charge in [-0.1, -0.05) is 19.0 Å². The maximum Gasteiger partial charge on any atom is 0.471 e. The topological polar surface area (TPSA) is 68.0 Å². The summed E-state index contributed by atoms with van der Waals surface area (Å²) in [5.74, 6) is -2.15. The SMILES string of the molecule is CC(C)[C@H](NC(=O)C(F)(F)F)c1nc(-c2ccsc2)no1. The number of rotatable bonds is 4. The van der Waals surface area contributed by atoms with Crippen LogP contribution in [0, 0.1) is 5.92 Å². The molecule has 0 saturated heterocycles. The maximum atomic E-state index is 12.3. The van der Waals surface area contributed by atoms with Crippen LogP contribution < -0.4 is 5.32 Å². The van der Waals surface area contributed by atoms with Crippen LogP contribution in [0.1, 0.15) is 25.8 Å². The lowest BCUT2D eigenvalue weighted by atomic mass is 10.0. The highest BCUT2D eigenvalue weighted by molar-refractivity contribution is 7.08. The molecule has 0 aromatic carbocycles. The van der Waals surface area contributed by atoms with Crippen molar-refractivity contribution in [2.45, 2.75) is 26.1 Å². The number of carbonyl (C=O) groups excluding carboxylic acids is 1. The zero-order valence-electron chi connectivity index (χ0n) is 11.1. The fourth-order valence-corrected chi connectivity index (χ4v) is 2.24. The first-order valence-corrected chi connectivity index (χ1v) is 6.97. The molecule has 1 amide bonds. The van der Waals surface area contributed by atoms with E-state index in [0.29, 0.717) is 5.56 Å². The number of amides is 1. The molecule has 2 rings (SSSR count). The van der Waals surface area contributed by atoms with Crippen LogP contribution in [0.4, 0.5) is 13.2 Å². The Morgan fingerprint density at radius 3 is 2.67 bits per heavy atom. The second-order valence-electron chi connectivity index (χ2n) is 4.66. The molecule has 0 aliphatic carbocycles. The third-order valence-electron chi connectivity index (χ3n) is 2.70. The maximum absolute atomic E-state index is 12.3. The van der Waals surface area contributed by atoms with Crippen LogP contribution >= 0.6 is 11.3 Å². The molecular formula is C12H12F3N3O2S. The van der Waals surface area contributed by atoms with Crippen LogP contribution in [0.2, 0.25) is 0 Å². The van der Waals surface area contributed by atoms with Crippen LogP contribution in [0.25, 0.3) is 11.4 Å². The number of aromatic nitrogens is 2. The van der Waals surface area contributed by atoms with E-state index in [4.69, 9.17) is 4.52 Å². The van der Waals surface area contributed by atoms with Gasteiger partial charge in [0.15, 0.2) is 0 Å². The molecule has 2 aromatic rings. The Hall–Kier alpha value is -1.90. The van der Waals surface area contributed by atoms with Gasteiger partial charge in [-0.2, -0.15) is 29.5 Å². The third kappa shape index (κ3) is 3.60. The zero-order valence-corrected chi connectivity index (χ0v) is 12.0. The van der Waals surface area contributed by atoms with E-state index in [1.807, 2.05) is 10.7 Å². The highest BCUT2D eigenvalue weighted by Crippen LogP contribution is 2.26. The largest absolute Gasteiger partial charge is 0.471 e. The predicted molar refractivity (Wildman–Crippen MR) is 69.4 cm³/mol. The molecule has 0 bridgehead atoms. The first kappa shape index (κ1) is 15.5. The summed E-state index contributed by atoms with van der Waals surface area (Å²) < 4.78 is 42.0. The van der Waals surface area contributed by atoms with Gasteiger partial charge in [-0.25, -0.2) is 0 Å². The van der Waals surface area contributed by atoms with Gasteiger partial charge in [0.2, 0.25) is 11.7 Å². The molecule has 114 valence electrons. The lowest BCUT2D eigenvalue weighted by Crippen LogP contribution is -2.40. The summed E-state index contributed by atoms with van der Waals surface area (Å²) in [6.07, 6.45) is -4.96. The number of alkyl halides is 3. The summed E-state index contributed by atoms with van der Waals surface area (Å²) in [6, 6.07) is 0.761. The van der Waals surface area contributed by atoms with Gasteiger partial charge >= 0.3 is 12.1 Å². The normalized spacial score (nSPS) is 13.4. The summed E-state index contributed by atoms with van der Waals surface area (Å²) in [5.41, 5.74) is 0.708. The van der Waals surface area contributed by atoms with Crippen molar-refractivity contribution >= 4 is 17.2 Å². The number of halogens is 3. The minimum atomic E-state index is -4.96. The van der Waals surface area contributed by atoms with Gasteiger partial charge in [-0.15, -0.1) is 0 Å². The molecule has 1 atom stereocenters. The van der Waals surface area contributed by atoms with E-state index >= 15 is 0 Å². The summed E-state index contributed by atoms with van der Waals surface area (Å²) in [6.45, 7) is 3.30. The van der Waals surface area contributed by atoms with E-state index in [2.05, 4.69) is 10.1 Å². The second kappa shape index (κ2) is 5.84. The van der Waals surface area contributed by atoms with Crippen molar-refractivity contribution in [2.24, 2.45) is 5.92 Å². The van der Waals surface area contributed by atoms with E-state index in [9.17, 15) is 18.0 Å². The molecule has 0 saturated carbocycles. The minimum Gasteiger partial charge on any atom is -0.337 e. The van der Waals surface area contributed by atoms with Crippen molar-refractivity contribution in [3.8, 4) is 11.4 Å². The van der Waals surface area contributed by atoms with Crippen LogP contribution in [0.15, 0.2) is 21.3 Å². The van der Waals surface area contributed by atoms with Gasteiger partial charge in [-0.3, -0.25) is 4.79 Å². The van der Waals surface area contributed by atoms with Crippen molar-refractivity contribution in [2.75, 3.05) is 0 Å². The number of hydrogen-bond acceptors (Lipinski definition) is 5. The van der Waals surface area contributed by atoms with Crippen molar-refractivity contribution in [3.63, 3.8) is 0 Å². The van der Waals surface area contributed by atoms with E-state index in [1.165, 1.54) is 11.3 Å². The van der Waals surface area contributed by atoms with E-state index in [1.54, 1.807) is 25.3 Å². The molecule has 0 unspecified atom stereocenters. The molecule has 2 heterocycles. The fraction of sp³-hybridized carbons (Fsp3) is 0.417. The third-order valence-corrected chi connectivity index (χ3v) is 3.38. The van der Waals surface area contributed by atoms with Crippen LogP contribution in [-0.2, 0) is 4.79 Å². The van der Waals surface area contributed by atoms with Gasteiger partial charge < -0.3 is 9.84 Å². The lowest BCUT2D eigenvalue weighted by Gasteiger charge is -2.19. The highest BCUT2D eigenvalue weighted by Gasteiger charge is 2.41. The van der Waals surface area contributed by atoms with Crippen LogP contribution in [0.3, 0.4) is 0 Å². The Morgan fingerprint density at radius 2 is 2.14 bits per heavy atom. The van der Waals surface area contributed by atoms with Gasteiger partial charge in [0.1, 0.15) is 6.04 Å². The molecule has 2 aromatic heterocycles. The van der Waals surface area contributed by atoms with E-state index in [-0.39, 0.29) is 17.6 Å². The van der Waals surface area contributed by atoms with Gasteiger partial charge in [0.05, 0.1) is 0 Å². The first-order chi connectivity index (χ1) is 9.79. The minimum absolute atomic E-state index is 0.0520. The monoisotopic (exact) mass is 319 g/mol. The fourth-order valence-electron chi connectivity index (χ4n) is 1.61. The van der Waals surface area contributed by atoms with E-state index < -0.39 is 18.1 Å². The van der Waals surface area contributed by atoms with Crippen molar-refractivity contribution in [1.29, 1.82) is 0 Å². The molecule has 5 nitrogen and oxygen atoms in total. The number of nitrogens with one attached hydrogen (secondary N) is 1. The van der Waals surface area contributed by atoms with Gasteiger partial charge in [0, 0.05) is 10.9 Å². The average Bonchev–Trinajstić information content (AvgIpc) is 3.04. The Morgan fingerprint density at radius 1 is 1.43 bits per heavy atom. The Kier molecular flexibility index (Phi) is 4.31. The zero-order chi connectivity index (χ0) is 15.6. The molecule has 9 heteroatoms. The average molecular weight is 319 g/mol. The summed E-state index contributed by atoms with van der Waals surface area (Å²) in [5, 5.41) is 9.19. The Balaban J connectivity index is 2.21. The number of nitrogens with zero attached hydrogens (tertiary/aromatic N) is 2. The van der Waals surface area contributed by atoms with Crippen molar-refractivity contribution in [1.82, 2.24) is 15.5 Å². The smallest absolute Gasteiger partial charge is 0.337 e. The predicted octanol–water partition coefficient (Wildman–Crippen LogP) is 3.17. The number of hydrogen-bond donors (Lipinski definition) is 1. The molecule has 0 aliphatic heterocycles. The number of thiophene rings is 1. The standard InChI is InChI=1S/C12H12F3N3O2S/c1-6(2)8(16-11(19)12(13,14)15)10-17-9(18-20-10)7-3-4-21-5-7/h3-6,8H,1-2H3,(H,16,19)/t8-/m0/s1. The molecule has 0 radical (unpaired) electrons. The van der Waals surface area contributed by atoms with Crippen molar-refractivity contribution < 1.29 is 22.5 Å². The molecule has 0 spiro atoms. The molecule has 0 aliphatic rings. The molecule has 21 heavy (non-hydrogen) atoms. The molecular weight excluding hydrogens is 307 g/mol. The van der Waals surface area contributed by atoms with Crippen molar-refractivity contribution in [3.05, 3.63) is 22.7 Å². The summed E-state index contributed by atoms with van der Waals surface area (Å²) >= 11 is 1.43. The molecule has 1 N–H and O–H groups in total. The number of carbonyl (C=O) groups is 1. The van der Waals surface area contributed by atoms with Crippen LogP contribution in [-0.4, -0.2) is 22.2 Å². The quantitative estimate of drug-likeness (QED) is 0.940. The summed E-state index contributed by atoms with van der Waals surface area (Å²) in [4.78, 5) is 15.1. The van der Waals surface area contributed by atoms with Gasteiger partial charge in [-0.05, 0) is 17.4 Å². The Bertz CT molecular complexity index is 608. The Labute approximate surface area is 122 Å². The summed E-state index contributed by atoms with van der Waals surface area (Å²) in [7, 11) is 0. The highest BCUT2D eigenvalue weighted by atomic mass is 32.1. The van der Waals surface area contributed by atoms with E-state index in [0.717, 1.165) is 0 Å². The van der Waals surface area contributed by atoms with Crippen LogP contribution in [0.5, 0.6) is 0 Å². The molecule has 0 fully saturated rings.